The van der Waals surface area contributed by atoms with E-state index in [2.05, 4.69) is 0 Å². The summed E-state index contributed by atoms with van der Waals surface area (Å²) in [6.45, 7) is 0.783. The van der Waals surface area contributed by atoms with E-state index in [0.717, 1.165) is 27.4 Å². The van der Waals surface area contributed by atoms with Crippen LogP contribution in [0.1, 0.15) is 0 Å². The Morgan fingerprint density at radius 2 is 1.62 bits per heavy atom. The van der Waals surface area contributed by atoms with Crippen LogP contribution in [-0.2, 0) is 11.3 Å². The molecule has 29 heavy (non-hydrogen) atoms. The van der Waals surface area contributed by atoms with Gasteiger partial charge in [0.2, 0.25) is 5.91 Å². The van der Waals surface area contributed by atoms with E-state index < -0.39 is 0 Å². The Kier molecular flexibility index (Phi) is 4.57. The number of fused-ring (bicyclic) bond motifs is 3. The average molecular weight is 421 g/mol. The summed E-state index contributed by atoms with van der Waals surface area (Å²) < 4.78 is 1.94. The topological polar surface area (TPSA) is 42.3 Å². The quantitative estimate of drug-likeness (QED) is 0.431. The van der Waals surface area contributed by atoms with Gasteiger partial charge >= 0.3 is 0 Å². The van der Waals surface area contributed by atoms with Gasteiger partial charge in [-0.25, -0.2) is 0 Å². The van der Waals surface area contributed by atoms with Crippen molar-refractivity contribution in [1.82, 2.24) is 4.57 Å². The number of amides is 1. The Balaban J connectivity index is 1.65. The summed E-state index contributed by atoms with van der Waals surface area (Å²) in [5.74, 6) is 0.819. The number of aromatic nitrogens is 1. The number of carbonyl (C=O) groups excluding carboxylic acids is 1. The van der Waals surface area contributed by atoms with Gasteiger partial charge in [-0.05, 0) is 42.5 Å². The van der Waals surface area contributed by atoms with E-state index in [1.807, 2.05) is 71.3 Å². The van der Waals surface area contributed by atoms with Crippen LogP contribution in [0.25, 0.3) is 21.8 Å². The molecule has 5 rings (SSSR count). The second-order valence-corrected chi connectivity index (χ2v) is 8.53. The van der Waals surface area contributed by atoms with Crippen LogP contribution in [0.2, 0.25) is 5.02 Å². The maximum Gasteiger partial charge on any atom is 0.247 e. The van der Waals surface area contributed by atoms with Crippen LogP contribution in [0.15, 0.2) is 76.4 Å². The zero-order valence-corrected chi connectivity index (χ0v) is 17.0. The maximum atomic E-state index is 13.4. The molecule has 1 aliphatic heterocycles. The predicted octanol–water partition coefficient (Wildman–Crippen LogP) is 4.95. The molecule has 1 aromatic heterocycles. The number of pyridine rings is 1. The summed E-state index contributed by atoms with van der Waals surface area (Å²) in [5, 5.41) is 1.86. The number of hydrogen-bond donors (Lipinski definition) is 0. The number of hydrogen-bond acceptors (Lipinski definition) is 3. The van der Waals surface area contributed by atoms with Crippen molar-refractivity contribution in [2.75, 3.05) is 17.2 Å². The van der Waals surface area contributed by atoms with Crippen LogP contribution >= 0.6 is 23.4 Å². The third kappa shape index (κ3) is 3.11. The summed E-state index contributed by atoms with van der Waals surface area (Å²) in [4.78, 5) is 29.2. The lowest BCUT2D eigenvalue weighted by atomic mass is 10.1. The van der Waals surface area contributed by atoms with Gasteiger partial charge in [0.15, 0.2) is 5.43 Å². The first-order chi connectivity index (χ1) is 14.1. The average Bonchev–Trinajstić information content (AvgIpc) is 2.76. The molecule has 1 aliphatic rings. The number of carbonyl (C=O) groups is 1. The number of anilines is 1. The van der Waals surface area contributed by atoms with Crippen molar-refractivity contribution in [2.45, 2.75) is 11.4 Å². The lowest BCUT2D eigenvalue weighted by molar-refractivity contribution is -0.119. The maximum absolute atomic E-state index is 13.4. The van der Waals surface area contributed by atoms with Gasteiger partial charge in [-0.2, -0.15) is 0 Å². The summed E-state index contributed by atoms with van der Waals surface area (Å²) in [6, 6.07) is 20.6. The van der Waals surface area contributed by atoms with E-state index in [1.165, 1.54) is 0 Å². The predicted molar refractivity (Wildman–Crippen MR) is 120 cm³/mol. The fourth-order valence-corrected chi connectivity index (χ4v) is 5.06. The molecular formula is C23H17ClN2O2S. The minimum absolute atomic E-state index is 0.00796. The molecule has 0 bridgehead atoms. The van der Waals surface area contributed by atoms with E-state index in [1.54, 1.807) is 16.7 Å². The fourth-order valence-electron chi connectivity index (χ4n) is 3.92. The Bertz CT molecular complexity index is 1270. The molecule has 0 atom stereocenters. The number of halogens is 1. The van der Waals surface area contributed by atoms with Crippen molar-refractivity contribution >= 4 is 56.8 Å². The SMILES string of the molecule is O=C(Cn1c2ccccc2c(=O)c2ccccc21)N1CCSc2ccc(Cl)cc21. The Hall–Kier alpha value is -2.76. The van der Waals surface area contributed by atoms with Crippen molar-refractivity contribution < 1.29 is 4.79 Å². The molecule has 4 nitrogen and oxygen atoms in total. The van der Waals surface area contributed by atoms with E-state index in [9.17, 15) is 9.59 Å². The lowest BCUT2D eigenvalue weighted by Crippen LogP contribution is -2.38. The third-order valence-electron chi connectivity index (χ3n) is 5.26. The highest BCUT2D eigenvalue weighted by Gasteiger charge is 2.24. The molecule has 3 aromatic carbocycles. The standard InChI is InChI=1S/C23H17ClN2O2S/c24-15-9-10-21-20(13-15)25(11-12-29-21)22(27)14-26-18-7-3-1-5-16(18)23(28)17-6-2-4-8-19(17)26/h1-10,13H,11-12,14H2. The highest BCUT2D eigenvalue weighted by Crippen LogP contribution is 2.36. The fraction of sp³-hybridized carbons (Fsp3) is 0.130. The number of nitrogens with zero attached hydrogens (tertiary/aromatic N) is 2. The van der Waals surface area contributed by atoms with Gasteiger partial charge in [0.25, 0.3) is 0 Å². The van der Waals surface area contributed by atoms with Gasteiger partial charge in [0, 0.05) is 33.0 Å². The van der Waals surface area contributed by atoms with Gasteiger partial charge in [-0.3, -0.25) is 9.59 Å². The molecule has 6 heteroatoms. The van der Waals surface area contributed by atoms with E-state index in [-0.39, 0.29) is 17.9 Å². The molecular weight excluding hydrogens is 404 g/mol. The number of para-hydroxylation sites is 2. The Labute approximate surface area is 176 Å². The van der Waals surface area contributed by atoms with Crippen molar-refractivity contribution in [3.8, 4) is 0 Å². The van der Waals surface area contributed by atoms with E-state index in [4.69, 9.17) is 11.6 Å². The van der Waals surface area contributed by atoms with Crippen LogP contribution in [0.4, 0.5) is 5.69 Å². The second-order valence-electron chi connectivity index (χ2n) is 6.96. The van der Waals surface area contributed by atoms with Crippen molar-refractivity contribution in [3.63, 3.8) is 0 Å². The minimum atomic E-state index is -0.0206. The molecule has 0 fully saturated rings. The summed E-state index contributed by atoms with van der Waals surface area (Å²) >= 11 is 7.92. The molecule has 144 valence electrons. The molecule has 2 heterocycles. The molecule has 0 aliphatic carbocycles. The van der Waals surface area contributed by atoms with E-state index in [0.29, 0.717) is 22.3 Å². The van der Waals surface area contributed by atoms with Crippen LogP contribution in [-0.4, -0.2) is 22.8 Å². The van der Waals surface area contributed by atoms with Crippen molar-refractivity contribution in [1.29, 1.82) is 0 Å². The highest BCUT2D eigenvalue weighted by molar-refractivity contribution is 7.99. The van der Waals surface area contributed by atoms with Gasteiger partial charge in [-0.15, -0.1) is 11.8 Å². The summed E-state index contributed by atoms with van der Waals surface area (Å²) in [6.07, 6.45) is 0. The third-order valence-corrected chi connectivity index (χ3v) is 6.54. The normalized spacial score (nSPS) is 13.6. The van der Waals surface area contributed by atoms with Crippen LogP contribution in [0.3, 0.4) is 0 Å². The Morgan fingerprint density at radius 3 is 2.31 bits per heavy atom. The zero-order chi connectivity index (χ0) is 20.0. The monoisotopic (exact) mass is 420 g/mol. The van der Waals surface area contributed by atoms with Crippen LogP contribution in [0.5, 0.6) is 0 Å². The zero-order valence-electron chi connectivity index (χ0n) is 15.5. The highest BCUT2D eigenvalue weighted by atomic mass is 35.5. The number of benzene rings is 3. The molecule has 0 radical (unpaired) electrons. The molecule has 0 spiro atoms. The molecule has 0 saturated carbocycles. The lowest BCUT2D eigenvalue weighted by Gasteiger charge is -2.30. The van der Waals surface area contributed by atoms with E-state index >= 15 is 0 Å². The molecule has 4 aromatic rings. The molecule has 0 saturated heterocycles. The van der Waals surface area contributed by atoms with Gasteiger partial charge in [0.05, 0.1) is 16.7 Å². The molecule has 1 amide bonds. The van der Waals surface area contributed by atoms with Crippen molar-refractivity contribution in [3.05, 3.63) is 82.0 Å². The van der Waals surface area contributed by atoms with Gasteiger partial charge < -0.3 is 9.47 Å². The first kappa shape index (κ1) is 18.3. The number of rotatable bonds is 2. The first-order valence-electron chi connectivity index (χ1n) is 9.36. The van der Waals surface area contributed by atoms with Gasteiger partial charge in [0.1, 0.15) is 6.54 Å². The van der Waals surface area contributed by atoms with Crippen LogP contribution < -0.4 is 10.3 Å². The summed E-state index contributed by atoms with van der Waals surface area (Å²) in [5.41, 5.74) is 2.38. The van der Waals surface area contributed by atoms with Crippen molar-refractivity contribution in [2.24, 2.45) is 0 Å². The smallest absolute Gasteiger partial charge is 0.247 e. The van der Waals surface area contributed by atoms with Crippen LogP contribution in [0, 0.1) is 0 Å². The largest absolute Gasteiger partial charge is 0.331 e. The number of thioether (sulfide) groups is 1. The molecule has 0 unspecified atom stereocenters. The first-order valence-corrected chi connectivity index (χ1v) is 10.7. The summed E-state index contributed by atoms with van der Waals surface area (Å²) in [7, 11) is 0. The molecule has 0 N–H and O–H groups in total. The van der Waals surface area contributed by atoms with Gasteiger partial charge in [-0.1, -0.05) is 35.9 Å². The second kappa shape index (κ2) is 7.25. The Morgan fingerprint density at radius 1 is 0.966 bits per heavy atom. The minimum Gasteiger partial charge on any atom is -0.331 e.